The molecule has 2 amide bonds. The van der Waals surface area contributed by atoms with Gasteiger partial charge in [-0.05, 0) is 24.3 Å². The molecule has 26 heavy (non-hydrogen) atoms. The van der Waals surface area contributed by atoms with Crippen molar-refractivity contribution in [1.82, 2.24) is 20.8 Å². The van der Waals surface area contributed by atoms with E-state index in [0.29, 0.717) is 11.4 Å². The van der Waals surface area contributed by atoms with Crippen LogP contribution in [0.5, 0.6) is 0 Å². The molecular formula is C18H15FN4O3. The molecule has 1 heterocycles. The molecule has 0 aliphatic heterocycles. The Balaban J connectivity index is 1.46. The van der Waals surface area contributed by atoms with Gasteiger partial charge in [-0.2, -0.15) is 4.98 Å². The smallest absolute Gasteiger partial charge is 0.316 e. The minimum Gasteiger partial charge on any atom is -0.350 e. The first-order chi connectivity index (χ1) is 12.6. The molecule has 2 aromatic carbocycles. The van der Waals surface area contributed by atoms with Gasteiger partial charge in [-0.25, -0.2) is 4.39 Å². The fourth-order valence-electron chi connectivity index (χ4n) is 2.15. The highest BCUT2D eigenvalue weighted by Gasteiger charge is 2.15. The Morgan fingerprint density at radius 1 is 0.923 bits per heavy atom. The van der Waals surface area contributed by atoms with Crippen molar-refractivity contribution in [2.45, 2.75) is 0 Å². The molecule has 0 fully saturated rings. The summed E-state index contributed by atoms with van der Waals surface area (Å²) in [5.41, 5.74) is 1.07. The summed E-state index contributed by atoms with van der Waals surface area (Å²) < 4.78 is 17.8. The zero-order valence-electron chi connectivity index (χ0n) is 13.6. The quantitative estimate of drug-likeness (QED) is 0.660. The zero-order valence-corrected chi connectivity index (χ0v) is 13.6. The number of hydrogen-bond donors (Lipinski definition) is 2. The third-order valence-electron chi connectivity index (χ3n) is 3.45. The van der Waals surface area contributed by atoms with Crippen LogP contribution in [-0.2, 0) is 0 Å². The Kier molecular flexibility index (Phi) is 5.33. The lowest BCUT2D eigenvalue weighted by molar-refractivity contribution is 0.0898. The topological polar surface area (TPSA) is 97.1 Å². The number of carbonyl (C=O) groups is 2. The lowest BCUT2D eigenvalue weighted by Crippen LogP contribution is -2.34. The van der Waals surface area contributed by atoms with E-state index in [2.05, 4.69) is 20.8 Å². The van der Waals surface area contributed by atoms with Crippen LogP contribution < -0.4 is 10.6 Å². The van der Waals surface area contributed by atoms with E-state index in [1.54, 1.807) is 12.1 Å². The summed E-state index contributed by atoms with van der Waals surface area (Å²) in [5, 5.41) is 8.95. The maximum absolute atomic E-state index is 12.8. The lowest BCUT2D eigenvalue weighted by atomic mass is 10.2. The Labute approximate surface area is 148 Å². The molecule has 0 spiro atoms. The highest BCUT2D eigenvalue weighted by Crippen LogP contribution is 2.14. The molecule has 2 N–H and O–H groups in total. The molecule has 0 radical (unpaired) electrons. The standard InChI is InChI=1S/C18H15FN4O3/c19-14-8-6-13(7-9-14)16(24)20-10-11-21-17(25)18-22-15(23-26-18)12-4-2-1-3-5-12/h1-9H,10-11H2,(H,20,24)(H,21,25). The van der Waals surface area contributed by atoms with Gasteiger partial charge in [0, 0.05) is 24.2 Å². The summed E-state index contributed by atoms with van der Waals surface area (Å²) in [4.78, 5) is 27.9. The summed E-state index contributed by atoms with van der Waals surface area (Å²) in [5.74, 6) is -1.14. The van der Waals surface area contributed by atoms with Gasteiger partial charge in [-0.15, -0.1) is 0 Å². The Morgan fingerprint density at radius 2 is 1.58 bits per heavy atom. The normalized spacial score (nSPS) is 10.3. The van der Waals surface area contributed by atoms with E-state index in [1.165, 1.54) is 24.3 Å². The van der Waals surface area contributed by atoms with Crippen LogP contribution >= 0.6 is 0 Å². The molecule has 3 rings (SSSR count). The fraction of sp³-hybridized carbons (Fsp3) is 0.111. The van der Waals surface area contributed by atoms with Crippen LogP contribution in [0.3, 0.4) is 0 Å². The van der Waals surface area contributed by atoms with Crippen molar-refractivity contribution in [2.75, 3.05) is 13.1 Å². The van der Waals surface area contributed by atoms with Crippen LogP contribution in [0.25, 0.3) is 11.4 Å². The first kappa shape index (κ1) is 17.3. The number of amides is 2. The van der Waals surface area contributed by atoms with Crippen molar-refractivity contribution in [2.24, 2.45) is 0 Å². The SMILES string of the molecule is O=C(NCCNC(=O)c1nc(-c2ccccc2)no1)c1ccc(F)cc1. The summed E-state index contributed by atoms with van der Waals surface area (Å²) in [6, 6.07) is 14.3. The summed E-state index contributed by atoms with van der Waals surface area (Å²) in [7, 11) is 0. The van der Waals surface area contributed by atoms with Gasteiger partial charge in [-0.3, -0.25) is 9.59 Å². The van der Waals surface area contributed by atoms with E-state index in [1.807, 2.05) is 18.2 Å². The molecule has 0 saturated carbocycles. The van der Waals surface area contributed by atoms with Crippen molar-refractivity contribution >= 4 is 11.8 Å². The van der Waals surface area contributed by atoms with E-state index < -0.39 is 11.7 Å². The minimum absolute atomic E-state index is 0.159. The molecule has 0 aliphatic rings. The fourth-order valence-corrected chi connectivity index (χ4v) is 2.15. The van der Waals surface area contributed by atoms with Crippen molar-refractivity contribution in [3.63, 3.8) is 0 Å². The summed E-state index contributed by atoms with van der Waals surface area (Å²) in [6.07, 6.45) is 0. The van der Waals surface area contributed by atoms with Crippen LogP contribution in [0.4, 0.5) is 4.39 Å². The minimum atomic E-state index is -0.532. The van der Waals surface area contributed by atoms with Gasteiger partial charge in [0.1, 0.15) is 5.82 Å². The monoisotopic (exact) mass is 354 g/mol. The Morgan fingerprint density at radius 3 is 2.27 bits per heavy atom. The molecule has 1 aromatic heterocycles. The number of nitrogens with zero attached hydrogens (tertiary/aromatic N) is 2. The van der Waals surface area contributed by atoms with E-state index >= 15 is 0 Å². The van der Waals surface area contributed by atoms with Crippen LogP contribution in [0, 0.1) is 5.82 Å². The molecule has 0 atom stereocenters. The van der Waals surface area contributed by atoms with Crippen molar-refractivity contribution in [1.29, 1.82) is 0 Å². The molecule has 132 valence electrons. The average molecular weight is 354 g/mol. The number of aromatic nitrogens is 2. The van der Waals surface area contributed by atoms with Crippen molar-refractivity contribution in [3.05, 3.63) is 71.9 Å². The predicted molar refractivity (Wildman–Crippen MR) is 90.8 cm³/mol. The van der Waals surface area contributed by atoms with Gasteiger partial charge in [0.15, 0.2) is 0 Å². The molecule has 0 bridgehead atoms. The largest absolute Gasteiger partial charge is 0.350 e. The lowest BCUT2D eigenvalue weighted by Gasteiger charge is -2.05. The Hall–Kier alpha value is -3.55. The highest BCUT2D eigenvalue weighted by atomic mass is 19.1. The summed E-state index contributed by atoms with van der Waals surface area (Å²) >= 11 is 0. The first-order valence-electron chi connectivity index (χ1n) is 7.84. The molecule has 0 aliphatic carbocycles. The van der Waals surface area contributed by atoms with Crippen molar-refractivity contribution in [3.8, 4) is 11.4 Å². The second-order valence-electron chi connectivity index (χ2n) is 5.31. The molecule has 3 aromatic rings. The number of halogens is 1. The van der Waals surface area contributed by atoms with Gasteiger partial charge in [0.2, 0.25) is 5.82 Å². The van der Waals surface area contributed by atoms with Gasteiger partial charge < -0.3 is 15.2 Å². The highest BCUT2D eigenvalue weighted by molar-refractivity contribution is 5.94. The van der Waals surface area contributed by atoms with Crippen LogP contribution in [0.1, 0.15) is 21.0 Å². The third-order valence-corrected chi connectivity index (χ3v) is 3.45. The molecular weight excluding hydrogens is 339 g/mol. The predicted octanol–water partition coefficient (Wildman–Crippen LogP) is 2.04. The first-order valence-corrected chi connectivity index (χ1v) is 7.84. The van der Waals surface area contributed by atoms with Crippen LogP contribution in [0.15, 0.2) is 59.1 Å². The van der Waals surface area contributed by atoms with Crippen LogP contribution in [-0.4, -0.2) is 35.0 Å². The molecule has 7 nitrogen and oxygen atoms in total. The maximum Gasteiger partial charge on any atom is 0.316 e. The van der Waals surface area contributed by atoms with Gasteiger partial charge in [-0.1, -0.05) is 35.5 Å². The number of rotatable bonds is 6. The van der Waals surface area contributed by atoms with Gasteiger partial charge in [0.25, 0.3) is 5.91 Å². The number of hydrogen-bond acceptors (Lipinski definition) is 5. The number of benzene rings is 2. The van der Waals surface area contributed by atoms with Crippen molar-refractivity contribution < 1.29 is 18.5 Å². The molecule has 0 unspecified atom stereocenters. The average Bonchev–Trinajstić information content (AvgIpc) is 3.16. The zero-order chi connectivity index (χ0) is 18.4. The van der Waals surface area contributed by atoms with E-state index in [0.717, 1.165) is 5.56 Å². The van der Waals surface area contributed by atoms with Gasteiger partial charge in [0.05, 0.1) is 0 Å². The Bertz CT molecular complexity index is 894. The van der Waals surface area contributed by atoms with Gasteiger partial charge >= 0.3 is 11.8 Å². The molecule has 8 heteroatoms. The van der Waals surface area contributed by atoms with Crippen LogP contribution in [0.2, 0.25) is 0 Å². The maximum atomic E-state index is 12.8. The summed E-state index contributed by atoms with van der Waals surface area (Å²) in [6.45, 7) is 0.371. The second kappa shape index (κ2) is 8.02. The second-order valence-corrected chi connectivity index (χ2v) is 5.31. The van der Waals surface area contributed by atoms with E-state index in [9.17, 15) is 14.0 Å². The van der Waals surface area contributed by atoms with E-state index in [4.69, 9.17) is 4.52 Å². The number of carbonyl (C=O) groups excluding carboxylic acids is 2. The third kappa shape index (κ3) is 4.29. The number of nitrogens with one attached hydrogen (secondary N) is 2. The van der Waals surface area contributed by atoms with E-state index in [-0.39, 0.29) is 24.9 Å². The molecule has 0 saturated heterocycles.